The molecule has 5 heteroatoms. The van der Waals surface area contributed by atoms with Crippen molar-refractivity contribution in [2.24, 2.45) is 0 Å². The van der Waals surface area contributed by atoms with Crippen molar-refractivity contribution in [3.05, 3.63) is 69.8 Å². The molecule has 2 aromatic carbocycles. The van der Waals surface area contributed by atoms with Crippen molar-refractivity contribution in [1.29, 1.82) is 0 Å². The number of thioether (sulfide) groups is 1. The van der Waals surface area contributed by atoms with Crippen LogP contribution < -0.4 is 10.2 Å². The molecule has 0 aromatic heterocycles. The van der Waals surface area contributed by atoms with Crippen molar-refractivity contribution >= 4 is 29.3 Å². The lowest BCUT2D eigenvalue weighted by Crippen LogP contribution is -2.37. The molecular formula is C25H28N2O2S. The molecule has 1 N–H and O–H groups in total. The van der Waals surface area contributed by atoms with Crippen LogP contribution in [0.4, 0.5) is 5.69 Å². The predicted octanol–water partition coefficient (Wildman–Crippen LogP) is 5.41. The van der Waals surface area contributed by atoms with E-state index in [1.807, 2.05) is 63.2 Å². The molecule has 1 aliphatic heterocycles. The van der Waals surface area contributed by atoms with Crippen molar-refractivity contribution < 1.29 is 9.59 Å². The third-order valence-electron chi connectivity index (χ3n) is 5.84. The van der Waals surface area contributed by atoms with E-state index in [0.717, 1.165) is 41.7 Å². The van der Waals surface area contributed by atoms with Crippen LogP contribution in [0.15, 0.2) is 58.0 Å². The number of anilines is 1. The molecule has 0 spiro atoms. The fourth-order valence-corrected chi connectivity index (χ4v) is 5.02. The second-order valence-corrected chi connectivity index (χ2v) is 9.42. The van der Waals surface area contributed by atoms with Gasteiger partial charge in [0, 0.05) is 10.9 Å². The Hall–Kier alpha value is -2.53. The topological polar surface area (TPSA) is 49.4 Å². The second-order valence-electron chi connectivity index (χ2n) is 8.33. The highest BCUT2D eigenvalue weighted by Crippen LogP contribution is 2.38. The van der Waals surface area contributed by atoms with E-state index >= 15 is 0 Å². The Morgan fingerprint density at radius 3 is 2.23 bits per heavy atom. The summed E-state index contributed by atoms with van der Waals surface area (Å²) in [5.41, 5.74) is 4.24. The zero-order valence-electron chi connectivity index (χ0n) is 17.8. The predicted molar refractivity (Wildman–Crippen MR) is 122 cm³/mol. The van der Waals surface area contributed by atoms with E-state index in [-0.39, 0.29) is 17.9 Å². The van der Waals surface area contributed by atoms with E-state index in [1.165, 1.54) is 28.6 Å². The first kappa shape index (κ1) is 20.7. The number of nitrogens with one attached hydrogen (secondary N) is 1. The Balaban J connectivity index is 1.71. The van der Waals surface area contributed by atoms with Gasteiger partial charge in [-0.1, -0.05) is 60.9 Å². The Kier molecular flexibility index (Phi) is 6.00. The third-order valence-corrected chi connectivity index (χ3v) is 6.93. The summed E-state index contributed by atoms with van der Waals surface area (Å²) < 4.78 is 0. The molecule has 4 nitrogen and oxygen atoms in total. The smallest absolute Gasteiger partial charge is 0.282 e. The number of carbonyl (C=O) groups is 2. The van der Waals surface area contributed by atoms with Crippen LogP contribution in [0, 0.1) is 20.8 Å². The monoisotopic (exact) mass is 420 g/mol. The van der Waals surface area contributed by atoms with Crippen LogP contribution in [-0.4, -0.2) is 17.9 Å². The molecule has 2 aromatic rings. The Morgan fingerprint density at radius 1 is 0.867 bits per heavy atom. The SMILES string of the molecule is Cc1ccc(SC2=C(NC3CCCCC3)C(=O)N(c3cc(C)ccc3C)C2=O)cc1. The average Bonchev–Trinajstić information content (AvgIpc) is 2.96. The number of hydrogen-bond acceptors (Lipinski definition) is 4. The number of aryl methyl sites for hydroxylation is 3. The first-order valence-electron chi connectivity index (χ1n) is 10.7. The molecular weight excluding hydrogens is 392 g/mol. The van der Waals surface area contributed by atoms with Crippen molar-refractivity contribution in [1.82, 2.24) is 5.32 Å². The van der Waals surface area contributed by atoms with Gasteiger partial charge in [-0.25, -0.2) is 4.90 Å². The molecule has 0 radical (unpaired) electrons. The highest BCUT2D eigenvalue weighted by molar-refractivity contribution is 8.04. The zero-order chi connectivity index (χ0) is 21.3. The molecule has 1 heterocycles. The summed E-state index contributed by atoms with van der Waals surface area (Å²) >= 11 is 1.38. The normalized spacial score (nSPS) is 17.8. The summed E-state index contributed by atoms with van der Waals surface area (Å²) in [6, 6.07) is 14.2. The van der Waals surface area contributed by atoms with Gasteiger partial charge in [0.15, 0.2) is 0 Å². The van der Waals surface area contributed by atoms with Crippen LogP contribution in [0.5, 0.6) is 0 Å². The van der Waals surface area contributed by atoms with Crippen molar-refractivity contribution in [3.63, 3.8) is 0 Å². The van der Waals surface area contributed by atoms with E-state index in [4.69, 9.17) is 0 Å². The number of nitrogens with zero attached hydrogens (tertiary/aromatic N) is 1. The van der Waals surface area contributed by atoms with Gasteiger partial charge in [-0.3, -0.25) is 9.59 Å². The fraction of sp³-hybridized carbons (Fsp3) is 0.360. The lowest BCUT2D eigenvalue weighted by atomic mass is 9.95. The van der Waals surface area contributed by atoms with Crippen LogP contribution in [0.3, 0.4) is 0 Å². The zero-order valence-corrected chi connectivity index (χ0v) is 18.6. The van der Waals surface area contributed by atoms with Crippen molar-refractivity contribution in [2.45, 2.75) is 63.8 Å². The maximum Gasteiger partial charge on any atom is 0.282 e. The van der Waals surface area contributed by atoms with Gasteiger partial charge in [0.1, 0.15) is 10.6 Å². The summed E-state index contributed by atoms with van der Waals surface area (Å²) in [5.74, 6) is -0.480. The molecule has 0 bridgehead atoms. The molecule has 0 saturated heterocycles. The molecule has 1 aliphatic carbocycles. The molecule has 0 atom stereocenters. The van der Waals surface area contributed by atoms with Crippen LogP contribution in [0.1, 0.15) is 48.8 Å². The van der Waals surface area contributed by atoms with Crippen molar-refractivity contribution in [3.8, 4) is 0 Å². The third kappa shape index (κ3) is 4.17. The van der Waals surface area contributed by atoms with Gasteiger partial charge < -0.3 is 5.32 Å². The average molecular weight is 421 g/mol. The molecule has 2 aliphatic rings. The van der Waals surface area contributed by atoms with Crippen LogP contribution in [-0.2, 0) is 9.59 Å². The molecule has 30 heavy (non-hydrogen) atoms. The van der Waals surface area contributed by atoms with E-state index in [0.29, 0.717) is 16.3 Å². The van der Waals surface area contributed by atoms with Crippen LogP contribution >= 0.6 is 11.8 Å². The summed E-state index contributed by atoms with van der Waals surface area (Å²) in [6.45, 7) is 5.95. The number of imide groups is 1. The number of hydrogen-bond donors (Lipinski definition) is 1. The molecule has 1 fully saturated rings. The number of benzene rings is 2. The minimum absolute atomic E-state index is 0.238. The van der Waals surface area contributed by atoms with Crippen LogP contribution in [0.25, 0.3) is 0 Å². The second kappa shape index (κ2) is 8.68. The van der Waals surface area contributed by atoms with Crippen molar-refractivity contribution in [2.75, 3.05) is 4.90 Å². The number of amides is 2. The standard InChI is InChI=1S/C25H28N2O2S/c1-16-10-13-20(14-11-16)30-23-22(26-19-7-5-4-6-8-19)24(28)27(25(23)29)21-15-17(2)9-12-18(21)3/h9-15,19,26H,4-8H2,1-3H3. The maximum atomic E-state index is 13.5. The maximum absolute atomic E-state index is 13.5. The Bertz CT molecular complexity index is 1000. The van der Waals surface area contributed by atoms with E-state index in [9.17, 15) is 9.59 Å². The minimum Gasteiger partial charge on any atom is -0.377 e. The summed E-state index contributed by atoms with van der Waals surface area (Å²) in [7, 11) is 0. The van der Waals surface area contributed by atoms with Gasteiger partial charge in [0.2, 0.25) is 0 Å². The molecule has 156 valence electrons. The minimum atomic E-state index is -0.242. The van der Waals surface area contributed by atoms with Gasteiger partial charge in [-0.2, -0.15) is 0 Å². The summed E-state index contributed by atoms with van der Waals surface area (Å²) in [6.07, 6.45) is 5.64. The summed E-state index contributed by atoms with van der Waals surface area (Å²) in [5, 5.41) is 3.46. The van der Waals surface area contributed by atoms with Gasteiger partial charge >= 0.3 is 0 Å². The lowest BCUT2D eigenvalue weighted by Gasteiger charge is -2.24. The molecule has 1 saturated carbocycles. The quantitative estimate of drug-likeness (QED) is 0.657. The Labute approximate surface area is 182 Å². The van der Waals surface area contributed by atoms with E-state index < -0.39 is 0 Å². The largest absolute Gasteiger partial charge is 0.377 e. The van der Waals surface area contributed by atoms with E-state index in [1.54, 1.807) is 0 Å². The number of rotatable bonds is 5. The van der Waals surface area contributed by atoms with Crippen LogP contribution in [0.2, 0.25) is 0 Å². The summed E-state index contributed by atoms with van der Waals surface area (Å²) in [4.78, 5) is 29.8. The number of carbonyl (C=O) groups excluding carboxylic acids is 2. The first-order valence-corrected chi connectivity index (χ1v) is 11.5. The molecule has 0 unspecified atom stereocenters. The van der Waals surface area contributed by atoms with Gasteiger partial charge in [0.05, 0.1) is 5.69 Å². The van der Waals surface area contributed by atoms with Gasteiger partial charge in [-0.15, -0.1) is 0 Å². The highest BCUT2D eigenvalue weighted by atomic mass is 32.2. The van der Waals surface area contributed by atoms with E-state index in [2.05, 4.69) is 5.32 Å². The Morgan fingerprint density at radius 2 is 1.53 bits per heavy atom. The van der Waals surface area contributed by atoms with Gasteiger partial charge in [0.25, 0.3) is 11.8 Å². The van der Waals surface area contributed by atoms with Gasteiger partial charge in [-0.05, 0) is 62.9 Å². The lowest BCUT2D eigenvalue weighted by molar-refractivity contribution is -0.120. The first-order chi connectivity index (χ1) is 14.4. The molecule has 4 rings (SSSR count). The fourth-order valence-electron chi connectivity index (χ4n) is 4.09. The molecule has 2 amide bonds. The highest BCUT2D eigenvalue weighted by Gasteiger charge is 2.41.